The molecule has 0 saturated carbocycles. The number of rotatable bonds is 6. The number of H-pyrrole nitrogens is 1. The molecule has 0 amide bonds. The summed E-state index contributed by atoms with van der Waals surface area (Å²) in [5.74, 6) is 0.471. The number of hydrogen-bond acceptors (Lipinski definition) is 5. The highest BCUT2D eigenvalue weighted by atomic mass is 32.2. The van der Waals surface area contributed by atoms with Crippen LogP contribution >= 0.6 is 0 Å². The van der Waals surface area contributed by atoms with Crippen LogP contribution in [-0.4, -0.2) is 30.6 Å². The number of aromatic amines is 1. The van der Waals surface area contributed by atoms with Crippen molar-refractivity contribution in [2.24, 2.45) is 0 Å². The van der Waals surface area contributed by atoms with Gasteiger partial charge < -0.3 is 5.32 Å². The zero-order valence-corrected chi connectivity index (χ0v) is 13.0. The van der Waals surface area contributed by atoms with Crippen LogP contribution in [0.15, 0.2) is 35.5 Å². The van der Waals surface area contributed by atoms with Gasteiger partial charge >= 0.3 is 0 Å². The lowest BCUT2D eigenvalue weighted by Gasteiger charge is -2.14. The molecule has 0 bridgehead atoms. The van der Waals surface area contributed by atoms with E-state index in [1.54, 1.807) is 25.1 Å². The summed E-state index contributed by atoms with van der Waals surface area (Å²) in [5, 5.41) is 9.45. The van der Waals surface area contributed by atoms with Gasteiger partial charge in [-0.3, -0.25) is 5.10 Å². The maximum atomic E-state index is 12.4. The van der Waals surface area contributed by atoms with E-state index in [1.165, 1.54) is 6.33 Å². The van der Waals surface area contributed by atoms with Gasteiger partial charge in [0.05, 0.1) is 10.9 Å². The predicted molar refractivity (Wildman–Crippen MR) is 79.0 cm³/mol. The maximum absolute atomic E-state index is 12.4. The van der Waals surface area contributed by atoms with Crippen LogP contribution in [0.4, 0.5) is 0 Å². The molecule has 0 spiro atoms. The lowest BCUT2D eigenvalue weighted by molar-refractivity contribution is 0.559. The SMILES string of the molecule is CNC(C)c1cccc(S(=O)(=O)NC(C)c2ncn[nH]2)c1. The highest BCUT2D eigenvalue weighted by molar-refractivity contribution is 7.89. The van der Waals surface area contributed by atoms with Crippen molar-refractivity contribution in [3.8, 4) is 0 Å². The summed E-state index contributed by atoms with van der Waals surface area (Å²) < 4.78 is 27.4. The van der Waals surface area contributed by atoms with Crippen LogP contribution < -0.4 is 10.0 Å². The molecule has 2 rings (SSSR count). The van der Waals surface area contributed by atoms with E-state index in [2.05, 4.69) is 25.2 Å². The average Bonchev–Trinajstić information content (AvgIpc) is 3.00. The zero-order valence-electron chi connectivity index (χ0n) is 12.2. The van der Waals surface area contributed by atoms with Crippen molar-refractivity contribution < 1.29 is 8.42 Å². The summed E-state index contributed by atoms with van der Waals surface area (Å²) in [7, 11) is -1.79. The molecule has 1 aromatic carbocycles. The molecule has 0 radical (unpaired) electrons. The minimum Gasteiger partial charge on any atom is -0.313 e. The minimum atomic E-state index is -3.62. The highest BCUT2D eigenvalue weighted by Crippen LogP contribution is 2.19. The summed E-state index contributed by atoms with van der Waals surface area (Å²) in [6.07, 6.45) is 1.34. The lowest BCUT2D eigenvalue weighted by Crippen LogP contribution is -2.27. The van der Waals surface area contributed by atoms with Crippen LogP contribution in [0.2, 0.25) is 0 Å². The number of hydrogen-bond donors (Lipinski definition) is 3. The van der Waals surface area contributed by atoms with Gasteiger partial charge in [0, 0.05) is 6.04 Å². The van der Waals surface area contributed by atoms with Gasteiger partial charge in [0.2, 0.25) is 10.0 Å². The Bertz CT molecular complexity index is 684. The summed E-state index contributed by atoms with van der Waals surface area (Å²) >= 11 is 0. The fourth-order valence-corrected chi connectivity index (χ4v) is 3.16. The van der Waals surface area contributed by atoms with Crippen LogP contribution in [0, 0.1) is 0 Å². The van der Waals surface area contributed by atoms with Gasteiger partial charge in [-0.05, 0) is 38.6 Å². The molecular weight excluding hydrogens is 290 g/mol. The molecule has 0 aliphatic heterocycles. The first-order valence-electron chi connectivity index (χ1n) is 6.59. The molecule has 1 aromatic heterocycles. The van der Waals surface area contributed by atoms with Gasteiger partial charge in [-0.2, -0.15) is 5.10 Å². The van der Waals surface area contributed by atoms with Crippen LogP contribution in [0.3, 0.4) is 0 Å². The van der Waals surface area contributed by atoms with Crippen molar-refractivity contribution in [3.63, 3.8) is 0 Å². The average molecular weight is 309 g/mol. The first-order valence-corrected chi connectivity index (χ1v) is 8.07. The summed E-state index contributed by atoms with van der Waals surface area (Å²) in [6.45, 7) is 3.68. The molecule has 7 nitrogen and oxygen atoms in total. The molecule has 0 aliphatic rings. The van der Waals surface area contributed by atoms with Gasteiger partial charge in [-0.25, -0.2) is 18.1 Å². The Labute approximate surface area is 124 Å². The van der Waals surface area contributed by atoms with E-state index in [1.807, 2.05) is 20.0 Å². The van der Waals surface area contributed by atoms with Crippen molar-refractivity contribution in [2.45, 2.75) is 30.8 Å². The Morgan fingerprint density at radius 1 is 1.24 bits per heavy atom. The van der Waals surface area contributed by atoms with Gasteiger partial charge in [-0.1, -0.05) is 12.1 Å². The Balaban J connectivity index is 2.23. The molecule has 114 valence electrons. The number of sulfonamides is 1. The zero-order chi connectivity index (χ0) is 15.5. The second kappa shape index (κ2) is 6.33. The summed E-state index contributed by atoms with van der Waals surface area (Å²) in [4.78, 5) is 4.18. The normalized spacial score (nSPS) is 14.8. The van der Waals surface area contributed by atoms with E-state index >= 15 is 0 Å². The maximum Gasteiger partial charge on any atom is 0.241 e. The van der Waals surface area contributed by atoms with Crippen molar-refractivity contribution in [1.82, 2.24) is 25.2 Å². The fraction of sp³-hybridized carbons (Fsp3) is 0.385. The molecule has 0 saturated heterocycles. The second-order valence-corrected chi connectivity index (χ2v) is 6.51. The first kappa shape index (κ1) is 15.6. The molecule has 2 aromatic rings. The van der Waals surface area contributed by atoms with Gasteiger partial charge in [-0.15, -0.1) is 0 Å². The van der Waals surface area contributed by atoms with Crippen LogP contribution in [0.1, 0.15) is 37.3 Å². The molecular formula is C13H19N5O2S. The number of nitrogens with zero attached hydrogens (tertiary/aromatic N) is 2. The van der Waals surface area contributed by atoms with Gasteiger partial charge in [0.1, 0.15) is 12.2 Å². The van der Waals surface area contributed by atoms with Crippen molar-refractivity contribution in [2.75, 3.05) is 7.05 Å². The second-order valence-electron chi connectivity index (χ2n) is 4.80. The third-order valence-electron chi connectivity index (χ3n) is 3.28. The van der Waals surface area contributed by atoms with E-state index < -0.39 is 16.1 Å². The molecule has 3 N–H and O–H groups in total. The standard InChI is InChI=1S/C13H19N5O2S/c1-9(14-3)11-5-4-6-12(7-11)21(19,20)18-10(2)13-15-8-16-17-13/h4-10,14,18H,1-3H3,(H,15,16,17). The first-order chi connectivity index (χ1) is 9.94. The van der Waals surface area contributed by atoms with Crippen molar-refractivity contribution in [1.29, 1.82) is 0 Å². The smallest absolute Gasteiger partial charge is 0.241 e. The number of nitrogens with one attached hydrogen (secondary N) is 3. The van der Waals surface area contributed by atoms with Crippen molar-refractivity contribution in [3.05, 3.63) is 42.0 Å². The summed E-state index contributed by atoms with van der Waals surface area (Å²) in [6, 6.07) is 6.45. The van der Waals surface area contributed by atoms with Crippen LogP contribution in [-0.2, 0) is 10.0 Å². The lowest BCUT2D eigenvalue weighted by atomic mass is 10.1. The number of benzene rings is 1. The largest absolute Gasteiger partial charge is 0.313 e. The molecule has 8 heteroatoms. The topological polar surface area (TPSA) is 99.8 Å². The highest BCUT2D eigenvalue weighted by Gasteiger charge is 2.20. The fourth-order valence-electron chi connectivity index (χ4n) is 1.90. The molecule has 2 atom stereocenters. The number of aromatic nitrogens is 3. The Hall–Kier alpha value is -1.77. The van der Waals surface area contributed by atoms with E-state index in [-0.39, 0.29) is 10.9 Å². The third-order valence-corrected chi connectivity index (χ3v) is 4.82. The minimum absolute atomic E-state index is 0.0758. The molecule has 2 unspecified atom stereocenters. The quantitative estimate of drug-likeness (QED) is 0.742. The Kier molecular flexibility index (Phi) is 4.71. The van der Waals surface area contributed by atoms with Crippen LogP contribution in [0.25, 0.3) is 0 Å². The van der Waals surface area contributed by atoms with E-state index in [0.717, 1.165) is 5.56 Å². The molecule has 0 aliphatic carbocycles. The molecule has 21 heavy (non-hydrogen) atoms. The predicted octanol–water partition coefficient (Wildman–Crippen LogP) is 1.12. The van der Waals surface area contributed by atoms with Crippen molar-refractivity contribution >= 4 is 10.0 Å². The van der Waals surface area contributed by atoms with Gasteiger partial charge in [0.25, 0.3) is 0 Å². The van der Waals surface area contributed by atoms with Gasteiger partial charge in [0.15, 0.2) is 0 Å². The Morgan fingerprint density at radius 3 is 2.62 bits per heavy atom. The van der Waals surface area contributed by atoms with E-state index in [9.17, 15) is 8.42 Å². The van der Waals surface area contributed by atoms with E-state index in [4.69, 9.17) is 0 Å². The Morgan fingerprint density at radius 2 is 2.00 bits per heavy atom. The molecule has 0 fully saturated rings. The molecule has 1 heterocycles. The third kappa shape index (κ3) is 3.66. The van der Waals surface area contributed by atoms with E-state index in [0.29, 0.717) is 5.82 Å². The summed E-state index contributed by atoms with van der Waals surface area (Å²) in [5.41, 5.74) is 0.910. The van der Waals surface area contributed by atoms with Crippen LogP contribution in [0.5, 0.6) is 0 Å². The monoisotopic (exact) mass is 309 g/mol.